The molecule has 1 aromatic rings. The zero-order valence-electron chi connectivity index (χ0n) is 17.9. The van der Waals surface area contributed by atoms with Gasteiger partial charge in [0.05, 0.1) is 16.7 Å². The summed E-state index contributed by atoms with van der Waals surface area (Å²) >= 11 is 13.0. The molecule has 4 rings (SSSR count). The second-order valence-electron chi connectivity index (χ2n) is 8.35. The molecule has 8 heteroatoms. The van der Waals surface area contributed by atoms with Gasteiger partial charge >= 0.3 is 5.97 Å². The predicted octanol–water partition coefficient (Wildman–Crippen LogP) is 5.28. The highest BCUT2D eigenvalue weighted by Crippen LogP contribution is 2.50. The fraction of sp³-hybridized carbons (Fsp3) is 0.458. The maximum Gasteiger partial charge on any atom is 0.323 e. The van der Waals surface area contributed by atoms with Gasteiger partial charge in [-0.2, -0.15) is 0 Å². The van der Waals surface area contributed by atoms with Gasteiger partial charge in [0, 0.05) is 41.3 Å². The van der Waals surface area contributed by atoms with Crippen LogP contribution in [0.5, 0.6) is 5.75 Å². The third-order valence-electron chi connectivity index (χ3n) is 6.18. The number of ketones is 2. The van der Waals surface area contributed by atoms with Gasteiger partial charge in [-0.05, 0) is 49.8 Å². The first-order valence-electron chi connectivity index (χ1n) is 11.0. The van der Waals surface area contributed by atoms with Crippen molar-refractivity contribution in [1.29, 1.82) is 0 Å². The molecule has 0 bridgehead atoms. The molecule has 0 spiro atoms. The van der Waals surface area contributed by atoms with E-state index in [4.69, 9.17) is 27.9 Å². The number of hydrogen-bond donors (Lipinski definition) is 1. The van der Waals surface area contributed by atoms with Gasteiger partial charge in [-0.3, -0.25) is 14.4 Å². The van der Waals surface area contributed by atoms with E-state index in [1.54, 1.807) is 17.0 Å². The minimum absolute atomic E-state index is 0.0601. The van der Waals surface area contributed by atoms with Crippen LogP contribution in [-0.4, -0.2) is 40.7 Å². The zero-order valence-corrected chi connectivity index (χ0v) is 19.4. The second kappa shape index (κ2) is 9.28. The predicted molar refractivity (Wildman–Crippen MR) is 121 cm³/mol. The Morgan fingerprint density at radius 3 is 2.03 bits per heavy atom. The molecule has 1 heterocycles. The Hall–Kier alpha value is -2.31. The van der Waals surface area contributed by atoms with E-state index < -0.39 is 11.9 Å². The minimum Gasteiger partial charge on any atom is -0.490 e. The Kier molecular flexibility index (Phi) is 6.63. The highest BCUT2D eigenvalue weighted by Gasteiger charge is 2.43. The first-order chi connectivity index (χ1) is 15.3. The maximum atomic E-state index is 13.1. The summed E-state index contributed by atoms with van der Waals surface area (Å²) in [5.74, 6) is -1.33. The lowest BCUT2D eigenvalue weighted by Crippen LogP contribution is -2.41. The van der Waals surface area contributed by atoms with Gasteiger partial charge in [-0.1, -0.05) is 30.1 Å². The molecule has 1 aromatic carbocycles. The summed E-state index contributed by atoms with van der Waals surface area (Å²) in [6, 6.07) is 3.43. The zero-order chi connectivity index (χ0) is 23.0. The van der Waals surface area contributed by atoms with E-state index >= 15 is 0 Å². The molecule has 0 saturated heterocycles. The van der Waals surface area contributed by atoms with Crippen molar-refractivity contribution < 1.29 is 24.2 Å². The number of carboxylic acid groups (broad SMARTS) is 1. The van der Waals surface area contributed by atoms with Crippen molar-refractivity contribution in [3.63, 3.8) is 0 Å². The number of aliphatic carboxylic acids is 1. The van der Waals surface area contributed by atoms with E-state index in [2.05, 4.69) is 0 Å². The molecule has 1 N–H and O–H groups in total. The molecule has 0 saturated carbocycles. The summed E-state index contributed by atoms with van der Waals surface area (Å²) in [5, 5.41) is 10.2. The molecule has 170 valence electrons. The number of carbonyl (C=O) groups is 3. The minimum atomic E-state index is -0.998. The molecule has 0 atom stereocenters. The smallest absolute Gasteiger partial charge is 0.323 e. The van der Waals surface area contributed by atoms with Gasteiger partial charge in [0.1, 0.15) is 6.54 Å². The van der Waals surface area contributed by atoms with Crippen molar-refractivity contribution in [2.45, 2.75) is 57.8 Å². The lowest BCUT2D eigenvalue weighted by Gasteiger charge is -2.43. The fourth-order valence-corrected chi connectivity index (χ4v) is 5.58. The van der Waals surface area contributed by atoms with Crippen LogP contribution in [0.1, 0.15) is 63.4 Å². The van der Waals surface area contributed by atoms with Crippen LogP contribution < -0.4 is 4.74 Å². The van der Waals surface area contributed by atoms with E-state index in [0.29, 0.717) is 89.0 Å². The Labute approximate surface area is 196 Å². The van der Waals surface area contributed by atoms with Crippen LogP contribution in [-0.2, 0) is 14.4 Å². The highest BCUT2D eigenvalue weighted by molar-refractivity contribution is 6.37. The summed E-state index contributed by atoms with van der Waals surface area (Å²) in [7, 11) is 0. The van der Waals surface area contributed by atoms with Crippen molar-refractivity contribution in [2.75, 3.05) is 13.2 Å². The van der Waals surface area contributed by atoms with Crippen molar-refractivity contribution >= 4 is 40.7 Å². The second-order valence-corrected chi connectivity index (χ2v) is 9.16. The van der Waals surface area contributed by atoms with Crippen LogP contribution in [0.15, 0.2) is 34.7 Å². The number of carbonyl (C=O) groups excluding carboxylic acids is 2. The molecule has 1 aliphatic heterocycles. The normalized spacial score (nSPS) is 19.3. The van der Waals surface area contributed by atoms with Crippen molar-refractivity contribution in [2.24, 2.45) is 0 Å². The number of allylic oxidation sites excluding steroid dienone is 4. The average Bonchev–Trinajstić information content (AvgIpc) is 2.73. The summed E-state index contributed by atoms with van der Waals surface area (Å²) in [6.45, 7) is 2.18. The van der Waals surface area contributed by atoms with Gasteiger partial charge in [-0.15, -0.1) is 0 Å². The first-order valence-corrected chi connectivity index (χ1v) is 11.7. The molecule has 3 aliphatic rings. The number of benzene rings is 1. The highest BCUT2D eigenvalue weighted by atomic mass is 35.5. The molecule has 0 radical (unpaired) electrons. The van der Waals surface area contributed by atoms with E-state index in [1.165, 1.54) is 0 Å². The van der Waals surface area contributed by atoms with E-state index in [-0.39, 0.29) is 18.1 Å². The summed E-state index contributed by atoms with van der Waals surface area (Å²) in [4.78, 5) is 39.6. The lowest BCUT2D eigenvalue weighted by atomic mass is 9.71. The molecule has 0 aromatic heterocycles. The molecule has 0 fully saturated rings. The van der Waals surface area contributed by atoms with E-state index in [0.717, 1.165) is 6.42 Å². The average molecular weight is 478 g/mol. The fourth-order valence-electron chi connectivity index (χ4n) is 4.96. The summed E-state index contributed by atoms with van der Waals surface area (Å²) in [6.07, 6.45) is 4.03. The molecule has 0 amide bonds. The quantitative estimate of drug-likeness (QED) is 0.599. The van der Waals surface area contributed by atoms with Crippen LogP contribution in [0.3, 0.4) is 0 Å². The number of rotatable bonds is 6. The maximum absolute atomic E-state index is 13.1. The van der Waals surface area contributed by atoms with Gasteiger partial charge in [-0.25, -0.2) is 0 Å². The Balaban J connectivity index is 1.91. The number of halogens is 2. The van der Waals surface area contributed by atoms with Gasteiger partial charge in [0.25, 0.3) is 0 Å². The van der Waals surface area contributed by atoms with Crippen molar-refractivity contribution in [3.8, 4) is 5.75 Å². The molecular weight excluding hydrogens is 453 g/mol. The van der Waals surface area contributed by atoms with Crippen LogP contribution in [0.2, 0.25) is 10.0 Å². The monoisotopic (exact) mass is 477 g/mol. The summed E-state index contributed by atoms with van der Waals surface area (Å²) < 4.78 is 5.68. The standard InChI is InChI=1S/C24H25Cl2NO5/c1-2-9-32-24-14(25)10-13(11-15(24)26)21-22-16(5-3-7-18(22)28)27(12-20(30)31)17-6-4-8-19(29)23(17)21/h10-11,21H,2-9,12H2,1H3,(H,30,31). The third kappa shape index (κ3) is 4.06. The largest absolute Gasteiger partial charge is 0.490 e. The lowest BCUT2D eigenvalue weighted by molar-refractivity contribution is -0.138. The Morgan fingerprint density at radius 2 is 1.56 bits per heavy atom. The van der Waals surface area contributed by atoms with Crippen LogP contribution in [0.25, 0.3) is 0 Å². The van der Waals surface area contributed by atoms with Crippen LogP contribution >= 0.6 is 23.2 Å². The van der Waals surface area contributed by atoms with Gasteiger partial charge in [0.15, 0.2) is 17.3 Å². The number of nitrogens with zero attached hydrogens (tertiary/aromatic N) is 1. The van der Waals surface area contributed by atoms with Gasteiger partial charge in [0.2, 0.25) is 0 Å². The Morgan fingerprint density at radius 1 is 1.03 bits per heavy atom. The molecule has 0 unspecified atom stereocenters. The number of ether oxygens (including phenoxy) is 1. The topological polar surface area (TPSA) is 83.9 Å². The summed E-state index contributed by atoms with van der Waals surface area (Å²) in [5.41, 5.74) is 3.08. The van der Waals surface area contributed by atoms with Gasteiger partial charge < -0.3 is 14.7 Å². The number of Topliss-reactive ketones (excluding diaryl/α,β-unsaturated/α-hetero) is 2. The SMILES string of the molecule is CCCOc1c(Cl)cc(C2C3=C(CCCC3=O)N(CC(=O)O)C3=C2C(=O)CCC3)cc1Cl. The van der Waals surface area contributed by atoms with E-state index in [1.807, 2.05) is 6.92 Å². The Bertz CT molecular complexity index is 991. The van der Waals surface area contributed by atoms with Crippen LogP contribution in [0.4, 0.5) is 0 Å². The van der Waals surface area contributed by atoms with E-state index in [9.17, 15) is 19.5 Å². The molecule has 6 nitrogen and oxygen atoms in total. The molecule has 2 aliphatic carbocycles. The first kappa shape index (κ1) is 22.9. The van der Waals surface area contributed by atoms with Crippen molar-refractivity contribution in [3.05, 3.63) is 50.3 Å². The molecule has 32 heavy (non-hydrogen) atoms. The van der Waals surface area contributed by atoms with Crippen LogP contribution in [0, 0.1) is 0 Å². The number of hydrogen-bond acceptors (Lipinski definition) is 5. The van der Waals surface area contributed by atoms with Crippen molar-refractivity contribution in [1.82, 2.24) is 4.90 Å². The third-order valence-corrected chi connectivity index (χ3v) is 6.75. The number of carboxylic acids is 1. The molecular formula is C24H25Cl2NO5.